The summed E-state index contributed by atoms with van der Waals surface area (Å²) < 4.78 is 7.35. The Kier molecular flexibility index (Phi) is 5.78. The van der Waals surface area contributed by atoms with Crippen molar-refractivity contribution in [1.29, 1.82) is 0 Å². The Hall–Kier alpha value is -0.230. The van der Waals surface area contributed by atoms with E-state index in [1.54, 1.807) is 13.3 Å². The van der Waals surface area contributed by atoms with Crippen LogP contribution in [0.2, 0.25) is 5.02 Å². The average Bonchev–Trinajstić information content (AvgIpc) is 3.02. The van der Waals surface area contributed by atoms with E-state index in [2.05, 4.69) is 24.3 Å². The molecule has 4 nitrogen and oxygen atoms in total. The zero-order valence-electron chi connectivity index (χ0n) is 12.5. The smallest absolute Gasteiger partial charge is 0.0834 e. The Balaban J connectivity index is 2.30. The van der Waals surface area contributed by atoms with Crippen LogP contribution in [0.15, 0.2) is 6.20 Å². The molecule has 2 atom stereocenters. The zero-order chi connectivity index (χ0) is 14.6. The molecule has 0 amide bonds. The Morgan fingerprint density at radius 1 is 1.65 bits per heavy atom. The van der Waals surface area contributed by atoms with Gasteiger partial charge in [-0.05, 0) is 32.1 Å². The van der Waals surface area contributed by atoms with Crippen LogP contribution in [0, 0.1) is 0 Å². The lowest BCUT2D eigenvalue weighted by Gasteiger charge is -2.34. The molecular weight excluding hydrogens is 294 g/mol. The molecule has 0 spiro atoms. The van der Waals surface area contributed by atoms with Crippen LogP contribution in [-0.4, -0.2) is 40.5 Å². The second-order valence-electron chi connectivity index (χ2n) is 5.35. The van der Waals surface area contributed by atoms with Gasteiger partial charge in [-0.15, -0.1) is 0 Å². The Labute approximate surface area is 130 Å². The van der Waals surface area contributed by atoms with Crippen molar-refractivity contribution in [3.63, 3.8) is 0 Å². The number of methoxy groups -OCH3 is 1. The van der Waals surface area contributed by atoms with E-state index in [-0.39, 0.29) is 10.8 Å². The Morgan fingerprint density at radius 2 is 2.45 bits per heavy atom. The number of thioether (sulfide) groups is 1. The summed E-state index contributed by atoms with van der Waals surface area (Å²) in [4.78, 5) is 0. The Bertz CT molecular complexity index is 432. The molecule has 20 heavy (non-hydrogen) atoms. The van der Waals surface area contributed by atoms with Crippen molar-refractivity contribution in [2.75, 3.05) is 26.0 Å². The van der Waals surface area contributed by atoms with Crippen LogP contribution in [-0.2, 0) is 11.3 Å². The maximum Gasteiger partial charge on any atom is 0.0834 e. The molecule has 0 aliphatic carbocycles. The molecule has 2 rings (SSSR count). The van der Waals surface area contributed by atoms with Crippen molar-refractivity contribution in [3.05, 3.63) is 16.9 Å². The quantitative estimate of drug-likeness (QED) is 0.838. The molecule has 1 aliphatic rings. The van der Waals surface area contributed by atoms with E-state index in [1.807, 2.05) is 16.4 Å². The number of ether oxygens (including phenoxy) is 1. The van der Waals surface area contributed by atoms with Crippen molar-refractivity contribution in [2.45, 2.75) is 44.0 Å². The molecule has 1 aliphatic heterocycles. The summed E-state index contributed by atoms with van der Waals surface area (Å²) in [5.41, 5.74) is 1.10. The molecule has 1 aromatic rings. The number of halogens is 1. The summed E-state index contributed by atoms with van der Waals surface area (Å²) in [6, 6.07) is 0.229. The molecule has 1 aromatic heterocycles. The van der Waals surface area contributed by atoms with E-state index >= 15 is 0 Å². The lowest BCUT2D eigenvalue weighted by atomic mass is 9.93. The van der Waals surface area contributed by atoms with Crippen LogP contribution in [0.5, 0.6) is 0 Å². The van der Waals surface area contributed by atoms with E-state index < -0.39 is 0 Å². The van der Waals surface area contributed by atoms with Crippen LogP contribution >= 0.6 is 23.4 Å². The van der Waals surface area contributed by atoms with Crippen LogP contribution in [0.1, 0.15) is 38.4 Å². The number of hydrogen-bond donors (Lipinski definition) is 1. The van der Waals surface area contributed by atoms with Crippen molar-refractivity contribution in [2.24, 2.45) is 0 Å². The average molecular weight is 318 g/mol. The first-order chi connectivity index (χ1) is 9.62. The third kappa shape index (κ3) is 3.32. The van der Waals surface area contributed by atoms with Crippen LogP contribution in [0.25, 0.3) is 0 Å². The molecule has 114 valence electrons. The lowest BCUT2D eigenvalue weighted by molar-refractivity contribution is 0.181. The van der Waals surface area contributed by atoms with Gasteiger partial charge < -0.3 is 10.1 Å². The fourth-order valence-corrected chi connectivity index (χ4v) is 4.50. The normalized spacial score (nSPS) is 24.2. The number of nitrogens with one attached hydrogen (secondary N) is 1. The van der Waals surface area contributed by atoms with E-state index in [0.717, 1.165) is 23.8 Å². The summed E-state index contributed by atoms with van der Waals surface area (Å²) in [5.74, 6) is 1.22. The van der Waals surface area contributed by atoms with Gasteiger partial charge in [0.1, 0.15) is 0 Å². The van der Waals surface area contributed by atoms with Crippen LogP contribution < -0.4 is 5.32 Å². The van der Waals surface area contributed by atoms with Gasteiger partial charge in [-0.2, -0.15) is 16.9 Å². The standard InChI is InChI=1S/C14H24ClN3OS/c1-4-16-13(14(2)6-5-9-20-14)12-11(15)10-17-18(12)7-8-19-3/h10,13,16H,4-9H2,1-3H3. The highest BCUT2D eigenvalue weighted by Gasteiger charge is 2.40. The van der Waals surface area contributed by atoms with Gasteiger partial charge in [0.25, 0.3) is 0 Å². The molecule has 2 unspecified atom stereocenters. The molecule has 0 saturated carbocycles. The van der Waals surface area contributed by atoms with Crippen molar-refractivity contribution in [1.82, 2.24) is 15.1 Å². The highest BCUT2D eigenvalue weighted by Crippen LogP contribution is 2.47. The van der Waals surface area contributed by atoms with Gasteiger partial charge in [-0.25, -0.2) is 0 Å². The summed E-state index contributed by atoms with van der Waals surface area (Å²) >= 11 is 8.46. The van der Waals surface area contributed by atoms with Gasteiger partial charge >= 0.3 is 0 Å². The largest absolute Gasteiger partial charge is 0.383 e. The number of rotatable bonds is 7. The van der Waals surface area contributed by atoms with Gasteiger partial charge in [0.15, 0.2) is 0 Å². The van der Waals surface area contributed by atoms with Gasteiger partial charge in [0.2, 0.25) is 0 Å². The molecule has 1 fully saturated rings. The molecule has 6 heteroatoms. The van der Waals surface area contributed by atoms with E-state index in [4.69, 9.17) is 16.3 Å². The fraction of sp³-hybridized carbons (Fsp3) is 0.786. The predicted octanol–water partition coefficient (Wildman–Crippen LogP) is 3.12. The minimum absolute atomic E-state index is 0.185. The second kappa shape index (κ2) is 7.16. The molecular formula is C14H24ClN3OS. The van der Waals surface area contributed by atoms with Crippen molar-refractivity contribution < 1.29 is 4.74 Å². The summed E-state index contributed by atoms with van der Waals surface area (Å²) in [5, 5.41) is 8.78. The van der Waals surface area contributed by atoms with E-state index in [9.17, 15) is 0 Å². The summed E-state index contributed by atoms with van der Waals surface area (Å²) in [7, 11) is 1.71. The zero-order valence-corrected chi connectivity index (χ0v) is 14.1. The monoisotopic (exact) mass is 317 g/mol. The number of aromatic nitrogens is 2. The third-order valence-electron chi connectivity index (χ3n) is 3.88. The predicted molar refractivity (Wildman–Crippen MR) is 85.6 cm³/mol. The first-order valence-corrected chi connectivity index (χ1v) is 8.56. The fourth-order valence-electron chi connectivity index (χ4n) is 2.85. The van der Waals surface area contributed by atoms with Gasteiger partial charge in [-0.1, -0.05) is 18.5 Å². The van der Waals surface area contributed by atoms with Crippen LogP contribution in [0.3, 0.4) is 0 Å². The van der Waals surface area contributed by atoms with Gasteiger partial charge in [0, 0.05) is 11.9 Å². The third-order valence-corrected chi connectivity index (χ3v) is 5.77. The van der Waals surface area contributed by atoms with Crippen LogP contribution in [0.4, 0.5) is 0 Å². The number of hydrogen-bond acceptors (Lipinski definition) is 4. The SMILES string of the molecule is CCNC(c1c(Cl)cnn1CCOC)C1(C)CCCS1. The second-order valence-corrected chi connectivity index (χ2v) is 7.39. The molecule has 0 bridgehead atoms. The van der Waals surface area contributed by atoms with Crippen molar-refractivity contribution in [3.8, 4) is 0 Å². The number of nitrogens with zero attached hydrogens (tertiary/aromatic N) is 2. The van der Waals surface area contributed by atoms with Crippen molar-refractivity contribution >= 4 is 23.4 Å². The molecule has 1 N–H and O–H groups in total. The maximum absolute atomic E-state index is 6.42. The first-order valence-electron chi connectivity index (χ1n) is 7.20. The molecule has 1 saturated heterocycles. The maximum atomic E-state index is 6.42. The Morgan fingerprint density at radius 3 is 3.05 bits per heavy atom. The van der Waals surface area contributed by atoms with E-state index in [0.29, 0.717) is 6.61 Å². The molecule has 0 radical (unpaired) electrons. The summed E-state index contributed by atoms with van der Waals surface area (Å²) in [6.45, 7) is 6.78. The highest BCUT2D eigenvalue weighted by molar-refractivity contribution is 8.00. The van der Waals surface area contributed by atoms with Gasteiger partial charge in [-0.3, -0.25) is 4.68 Å². The highest BCUT2D eigenvalue weighted by atomic mass is 35.5. The summed E-state index contributed by atoms with van der Waals surface area (Å²) in [6.07, 6.45) is 4.23. The van der Waals surface area contributed by atoms with E-state index in [1.165, 1.54) is 18.6 Å². The lowest BCUT2D eigenvalue weighted by Crippen LogP contribution is -2.39. The molecule has 0 aromatic carbocycles. The minimum Gasteiger partial charge on any atom is -0.383 e. The topological polar surface area (TPSA) is 39.1 Å². The first kappa shape index (κ1) is 16.1. The van der Waals surface area contributed by atoms with Gasteiger partial charge in [0.05, 0.1) is 36.1 Å². The minimum atomic E-state index is 0.185. The molecule has 2 heterocycles.